The summed E-state index contributed by atoms with van der Waals surface area (Å²) < 4.78 is 10.2. The summed E-state index contributed by atoms with van der Waals surface area (Å²) in [6, 6.07) is 7.89. The summed E-state index contributed by atoms with van der Waals surface area (Å²) >= 11 is 5.74. The highest BCUT2D eigenvalue weighted by Crippen LogP contribution is 2.14. The first-order valence-electron chi connectivity index (χ1n) is 5.83. The Labute approximate surface area is 120 Å². The molecule has 6 heteroatoms. The molecule has 1 N–H and O–H groups in total. The molecule has 0 aliphatic carbocycles. The smallest absolute Gasteiger partial charge is 0.262 e. The van der Waals surface area contributed by atoms with E-state index in [2.05, 4.69) is 5.32 Å². The van der Waals surface area contributed by atoms with Crippen LogP contribution in [-0.4, -0.2) is 12.5 Å². The zero-order chi connectivity index (χ0) is 14.5. The molecule has 1 aromatic carbocycles. The fourth-order valence-electron chi connectivity index (χ4n) is 1.54. The van der Waals surface area contributed by atoms with E-state index in [1.807, 2.05) is 0 Å². The van der Waals surface area contributed by atoms with Crippen LogP contribution in [0, 0.1) is 6.92 Å². The minimum Gasteiger partial charge on any atom is -0.476 e. The summed E-state index contributed by atoms with van der Waals surface area (Å²) in [6.45, 7) is 1.31. The van der Waals surface area contributed by atoms with E-state index in [-0.39, 0.29) is 23.7 Å². The summed E-state index contributed by atoms with van der Waals surface area (Å²) in [6.07, 6.45) is 1.28. The lowest BCUT2D eigenvalue weighted by Gasteiger charge is -2.08. The molecule has 104 valence electrons. The number of halogens is 1. The predicted octanol–water partition coefficient (Wildman–Crippen LogP) is 2.62. The van der Waals surface area contributed by atoms with Crippen molar-refractivity contribution in [3.63, 3.8) is 0 Å². The second-order valence-electron chi connectivity index (χ2n) is 4.01. The van der Waals surface area contributed by atoms with E-state index in [9.17, 15) is 9.59 Å². The summed E-state index contributed by atoms with van der Waals surface area (Å²) in [4.78, 5) is 23.2. The Morgan fingerprint density at radius 2 is 2.00 bits per heavy atom. The van der Waals surface area contributed by atoms with Crippen molar-refractivity contribution in [1.29, 1.82) is 0 Å². The van der Waals surface area contributed by atoms with E-state index in [1.54, 1.807) is 31.2 Å². The molecule has 1 heterocycles. The second-order valence-corrected chi connectivity index (χ2v) is 4.45. The van der Waals surface area contributed by atoms with Crippen molar-refractivity contribution in [2.75, 3.05) is 11.9 Å². The number of aryl methyl sites for hydroxylation is 1. The van der Waals surface area contributed by atoms with Crippen LogP contribution >= 0.6 is 11.6 Å². The van der Waals surface area contributed by atoms with Crippen LogP contribution in [0.1, 0.15) is 5.76 Å². The fourth-order valence-corrected chi connectivity index (χ4v) is 1.67. The molecule has 2 rings (SSSR count). The van der Waals surface area contributed by atoms with Crippen molar-refractivity contribution in [1.82, 2.24) is 0 Å². The van der Waals surface area contributed by atoms with Crippen molar-refractivity contribution in [2.45, 2.75) is 6.92 Å². The monoisotopic (exact) mass is 293 g/mol. The van der Waals surface area contributed by atoms with Gasteiger partial charge in [0.05, 0.1) is 6.26 Å². The third-order valence-electron chi connectivity index (χ3n) is 2.48. The van der Waals surface area contributed by atoms with Gasteiger partial charge in [-0.15, -0.1) is 0 Å². The number of anilines is 1. The normalized spacial score (nSPS) is 10.1. The maximum atomic E-state index is 11.7. The van der Waals surface area contributed by atoms with Crippen molar-refractivity contribution in [3.8, 4) is 5.75 Å². The summed E-state index contributed by atoms with van der Waals surface area (Å²) in [7, 11) is 0. The molecule has 0 radical (unpaired) electrons. The molecule has 1 aromatic heterocycles. The van der Waals surface area contributed by atoms with Crippen molar-refractivity contribution in [3.05, 3.63) is 57.6 Å². The van der Waals surface area contributed by atoms with Crippen LogP contribution in [0.3, 0.4) is 0 Å². The molecule has 2 aromatic rings. The highest BCUT2D eigenvalue weighted by atomic mass is 35.5. The topological polar surface area (TPSA) is 68.5 Å². The molecule has 0 spiro atoms. The van der Waals surface area contributed by atoms with Crippen LogP contribution in [0.5, 0.6) is 5.75 Å². The highest BCUT2D eigenvalue weighted by molar-refractivity contribution is 6.30. The Bertz CT molecular complexity index is 664. The molecule has 0 saturated carbocycles. The van der Waals surface area contributed by atoms with E-state index in [0.29, 0.717) is 16.5 Å². The Hall–Kier alpha value is -2.27. The number of carbonyl (C=O) groups excluding carboxylic acids is 1. The Morgan fingerprint density at radius 3 is 2.65 bits per heavy atom. The molecule has 0 bridgehead atoms. The molecule has 0 saturated heterocycles. The highest BCUT2D eigenvalue weighted by Gasteiger charge is 2.09. The van der Waals surface area contributed by atoms with Gasteiger partial charge in [-0.05, 0) is 31.2 Å². The SMILES string of the molecule is Cc1occc(=O)c1OCC(=O)Nc1ccc(Cl)cc1. The zero-order valence-electron chi connectivity index (χ0n) is 10.7. The maximum absolute atomic E-state index is 11.7. The molecule has 5 nitrogen and oxygen atoms in total. The molecular weight excluding hydrogens is 282 g/mol. The average molecular weight is 294 g/mol. The summed E-state index contributed by atoms with van der Waals surface area (Å²) in [5.74, 6) is -0.00877. The van der Waals surface area contributed by atoms with Crippen molar-refractivity contribution in [2.24, 2.45) is 0 Å². The zero-order valence-corrected chi connectivity index (χ0v) is 11.4. The van der Waals surface area contributed by atoms with Crippen LogP contribution in [0.15, 0.2) is 45.8 Å². The van der Waals surface area contributed by atoms with Crippen LogP contribution < -0.4 is 15.5 Å². The average Bonchev–Trinajstić information content (AvgIpc) is 2.41. The van der Waals surface area contributed by atoms with Gasteiger partial charge in [0.2, 0.25) is 11.2 Å². The molecule has 0 unspecified atom stereocenters. The van der Waals surface area contributed by atoms with Crippen LogP contribution in [0.4, 0.5) is 5.69 Å². The molecule has 0 fully saturated rings. The largest absolute Gasteiger partial charge is 0.476 e. The number of hydrogen-bond acceptors (Lipinski definition) is 4. The Kier molecular flexibility index (Phi) is 4.42. The number of carbonyl (C=O) groups is 1. The van der Waals surface area contributed by atoms with Gasteiger partial charge in [0, 0.05) is 16.8 Å². The molecule has 0 aliphatic rings. The Morgan fingerprint density at radius 1 is 1.30 bits per heavy atom. The van der Waals surface area contributed by atoms with Gasteiger partial charge in [-0.3, -0.25) is 9.59 Å². The van der Waals surface area contributed by atoms with Crippen LogP contribution in [0.2, 0.25) is 5.02 Å². The van der Waals surface area contributed by atoms with Gasteiger partial charge in [-0.2, -0.15) is 0 Å². The molecule has 20 heavy (non-hydrogen) atoms. The minimum atomic E-state index is -0.380. The maximum Gasteiger partial charge on any atom is 0.262 e. The van der Waals surface area contributed by atoms with Crippen LogP contribution in [0.25, 0.3) is 0 Å². The molecule has 1 amide bonds. The van der Waals surface area contributed by atoms with Gasteiger partial charge >= 0.3 is 0 Å². The lowest BCUT2D eigenvalue weighted by molar-refractivity contribution is -0.118. The van der Waals surface area contributed by atoms with Gasteiger partial charge in [0.1, 0.15) is 5.76 Å². The quantitative estimate of drug-likeness (QED) is 0.941. The van der Waals surface area contributed by atoms with Crippen molar-refractivity contribution < 1.29 is 13.9 Å². The summed E-state index contributed by atoms with van der Waals surface area (Å²) in [5.41, 5.74) is 0.271. The number of amides is 1. The van der Waals surface area contributed by atoms with Gasteiger partial charge in [-0.25, -0.2) is 0 Å². The lowest BCUT2D eigenvalue weighted by atomic mass is 10.3. The first kappa shape index (κ1) is 14.1. The molecule has 0 aliphatic heterocycles. The number of nitrogens with one attached hydrogen (secondary N) is 1. The van der Waals surface area contributed by atoms with Crippen molar-refractivity contribution >= 4 is 23.2 Å². The fraction of sp³-hybridized carbons (Fsp3) is 0.143. The third kappa shape index (κ3) is 3.61. The lowest BCUT2D eigenvalue weighted by Crippen LogP contribution is -2.22. The number of benzene rings is 1. The molecule has 0 atom stereocenters. The molecular formula is C14H12ClNO4. The summed E-state index contributed by atoms with van der Waals surface area (Å²) in [5, 5.41) is 3.20. The van der Waals surface area contributed by atoms with E-state index < -0.39 is 0 Å². The number of ether oxygens (including phenoxy) is 1. The van der Waals surface area contributed by atoms with Gasteiger partial charge in [-0.1, -0.05) is 11.6 Å². The van der Waals surface area contributed by atoms with E-state index in [4.69, 9.17) is 20.8 Å². The van der Waals surface area contributed by atoms with Crippen LogP contribution in [-0.2, 0) is 4.79 Å². The van der Waals surface area contributed by atoms with E-state index in [0.717, 1.165) is 0 Å². The second kappa shape index (κ2) is 6.25. The number of rotatable bonds is 4. The third-order valence-corrected chi connectivity index (χ3v) is 2.74. The van der Waals surface area contributed by atoms with Gasteiger partial charge in [0.15, 0.2) is 6.61 Å². The van der Waals surface area contributed by atoms with E-state index >= 15 is 0 Å². The van der Waals surface area contributed by atoms with Gasteiger partial charge in [0.25, 0.3) is 5.91 Å². The van der Waals surface area contributed by atoms with E-state index in [1.165, 1.54) is 12.3 Å². The van der Waals surface area contributed by atoms with Gasteiger partial charge < -0.3 is 14.5 Å². The number of hydrogen-bond donors (Lipinski definition) is 1. The minimum absolute atomic E-state index is 0.0405. The first-order chi connectivity index (χ1) is 9.56. The first-order valence-corrected chi connectivity index (χ1v) is 6.20. The predicted molar refractivity (Wildman–Crippen MR) is 75.3 cm³/mol. The standard InChI is InChI=1S/C14H12ClNO4/c1-9-14(12(17)6-7-19-9)20-8-13(18)16-11-4-2-10(15)3-5-11/h2-7H,8H2,1H3,(H,16,18). The Balaban J connectivity index is 1.96.